The summed E-state index contributed by atoms with van der Waals surface area (Å²) in [5.41, 5.74) is 0.116. The Hall–Kier alpha value is -1.10. The van der Waals surface area contributed by atoms with Crippen molar-refractivity contribution in [3.63, 3.8) is 0 Å². The molecule has 0 heterocycles. The van der Waals surface area contributed by atoms with Gasteiger partial charge >= 0.3 is 0 Å². The monoisotopic (exact) mass is 253 g/mol. The molecular formula is C14H23NO3. The van der Waals surface area contributed by atoms with Crippen molar-refractivity contribution < 1.29 is 14.9 Å². The van der Waals surface area contributed by atoms with E-state index in [4.69, 9.17) is 9.84 Å². The maximum atomic E-state index is 9.69. The van der Waals surface area contributed by atoms with Crippen LogP contribution in [-0.4, -0.2) is 28.8 Å². The molecule has 1 rings (SSSR count). The van der Waals surface area contributed by atoms with Crippen LogP contribution in [0.3, 0.4) is 0 Å². The standard InChI is InChI=1S/C14H23NO3/c1-4-13(15-14(2,3)17)18-12-7-5-11(6-8-12)9-10-16/h5-8,13,15-17H,4,9-10H2,1-3H3/t13-/m1/s1. The Bertz CT molecular complexity index is 343. The first kappa shape index (κ1) is 15.0. The molecule has 0 saturated carbocycles. The molecule has 3 N–H and O–H groups in total. The molecule has 1 aromatic carbocycles. The Balaban J connectivity index is 2.59. The van der Waals surface area contributed by atoms with E-state index < -0.39 is 5.72 Å². The molecule has 1 aromatic rings. The third-order valence-electron chi connectivity index (χ3n) is 2.49. The van der Waals surface area contributed by atoms with Crippen molar-refractivity contribution >= 4 is 0 Å². The zero-order chi connectivity index (χ0) is 13.6. The normalized spacial score (nSPS) is 13.4. The Kier molecular flexibility index (Phi) is 5.59. The molecule has 18 heavy (non-hydrogen) atoms. The Morgan fingerprint density at radius 2 is 1.89 bits per heavy atom. The van der Waals surface area contributed by atoms with Crippen molar-refractivity contribution in [2.45, 2.75) is 45.6 Å². The van der Waals surface area contributed by atoms with Crippen molar-refractivity contribution in [3.8, 4) is 5.75 Å². The van der Waals surface area contributed by atoms with Gasteiger partial charge < -0.3 is 14.9 Å². The van der Waals surface area contributed by atoms with Crippen molar-refractivity contribution in [1.29, 1.82) is 0 Å². The van der Waals surface area contributed by atoms with Gasteiger partial charge in [-0.2, -0.15) is 0 Å². The second kappa shape index (κ2) is 6.73. The number of benzene rings is 1. The van der Waals surface area contributed by atoms with Crippen LogP contribution in [0.15, 0.2) is 24.3 Å². The van der Waals surface area contributed by atoms with Gasteiger partial charge in [-0.05, 0) is 44.4 Å². The van der Waals surface area contributed by atoms with Gasteiger partial charge in [0.1, 0.15) is 11.5 Å². The quantitative estimate of drug-likeness (QED) is 0.647. The predicted molar refractivity (Wildman–Crippen MR) is 71.4 cm³/mol. The topological polar surface area (TPSA) is 61.7 Å². The van der Waals surface area contributed by atoms with Crippen molar-refractivity contribution in [3.05, 3.63) is 29.8 Å². The molecule has 0 aliphatic rings. The largest absolute Gasteiger partial charge is 0.475 e. The summed E-state index contributed by atoms with van der Waals surface area (Å²) < 4.78 is 5.74. The van der Waals surface area contributed by atoms with Crippen molar-refractivity contribution in [2.24, 2.45) is 0 Å². The molecular weight excluding hydrogens is 230 g/mol. The van der Waals surface area contributed by atoms with Crippen LogP contribution in [0, 0.1) is 0 Å². The summed E-state index contributed by atoms with van der Waals surface area (Å²) >= 11 is 0. The summed E-state index contributed by atoms with van der Waals surface area (Å²) in [4.78, 5) is 0. The molecule has 0 aliphatic carbocycles. The maximum Gasteiger partial charge on any atom is 0.152 e. The summed E-state index contributed by atoms with van der Waals surface area (Å²) in [7, 11) is 0. The lowest BCUT2D eigenvalue weighted by atomic mass is 10.1. The van der Waals surface area contributed by atoms with E-state index in [1.165, 1.54) is 0 Å². The van der Waals surface area contributed by atoms with Crippen LogP contribution in [0.1, 0.15) is 32.8 Å². The Labute approximate surface area is 109 Å². The van der Waals surface area contributed by atoms with Crippen LogP contribution < -0.4 is 10.1 Å². The fourth-order valence-electron chi connectivity index (χ4n) is 1.64. The van der Waals surface area contributed by atoms with E-state index in [0.29, 0.717) is 6.42 Å². The second-order valence-corrected chi connectivity index (χ2v) is 4.84. The molecule has 0 radical (unpaired) electrons. The van der Waals surface area contributed by atoms with Crippen LogP contribution >= 0.6 is 0 Å². The molecule has 0 aliphatic heterocycles. The minimum atomic E-state index is -0.961. The Morgan fingerprint density at radius 3 is 2.33 bits per heavy atom. The Morgan fingerprint density at radius 1 is 1.28 bits per heavy atom. The van der Waals surface area contributed by atoms with Gasteiger partial charge in [-0.25, -0.2) is 0 Å². The van der Waals surface area contributed by atoms with Crippen LogP contribution in [-0.2, 0) is 6.42 Å². The number of rotatable bonds is 7. The van der Waals surface area contributed by atoms with Gasteiger partial charge in [0.2, 0.25) is 0 Å². The van der Waals surface area contributed by atoms with Crippen LogP contribution in [0.5, 0.6) is 5.75 Å². The fraction of sp³-hybridized carbons (Fsp3) is 0.571. The third-order valence-corrected chi connectivity index (χ3v) is 2.49. The second-order valence-electron chi connectivity index (χ2n) is 4.84. The molecule has 4 heteroatoms. The summed E-state index contributed by atoms with van der Waals surface area (Å²) in [6, 6.07) is 7.62. The molecule has 0 fully saturated rings. The van der Waals surface area contributed by atoms with Gasteiger partial charge in [-0.1, -0.05) is 19.1 Å². The van der Waals surface area contributed by atoms with E-state index in [9.17, 15) is 5.11 Å². The molecule has 0 bridgehead atoms. The average molecular weight is 253 g/mol. The SMILES string of the molecule is CC[C@H](NC(C)(C)O)Oc1ccc(CCO)cc1. The van der Waals surface area contributed by atoms with Crippen LogP contribution in [0.2, 0.25) is 0 Å². The number of aliphatic hydroxyl groups excluding tert-OH is 1. The van der Waals surface area contributed by atoms with E-state index in [-0.39, 0.29) is 12.8 Å². The van der Waals surface area contributed by atoms with Gasteiger partial charge in [0.15, 0.2) is 6.23 Å². The lowest BCUT2D eigenvalue weighted by molar-refractivity contribution is -0.0110. The molecule has 0 amide bonds. The zero-order valence-corrected chi connectivity index (χ0v) is 11.3. The fourth-order valence-corrected chi connectivity index (χ4v) is 1.64. The van der Waals surface area contributed by atoms with Gasteiger partial charge in [0.25, 0.3) is 0 Å². The van der Waals surface area contributed by atoms with E-state index in [1.54, 1.807) is 13.8 Å². The first-order valence-electron chi connectivity index (χ1n) is 6.31. The lowest BCUT2D eigenvalue weighted by Gasteiger charge is -2.27. The third kappa shape index (κ3) is 5.49. The summed E-state index contributed by atoms with van der Waals surface area (Å²) in [6.45, 7) is 5.51. The maximum absolute atomic E-state index is 9.69. The highest BCUT2D eigenvalue weighted by Crippen LogP contribution is 2.15. The number of nitrogens with one attached hydrogen (secondary N) is 1. The van der Waals surface area contributed by atoms with Gasteiger partial charge in [0.05, 0.1) is 0 Å². The summed E-state index contributed by atoms with van der Waals surface area (Å²) in [5.74, 6) is 0.750. The minimum absolute atomic E-state index is 0.151. The van der Waals surface area contributed by atoms with E-state index in [1.807, 2.05) is 31.2 Å². The lowest BCUT2D eigenvalue weighted by Crippen LogP contribution is -2.48. The summed E-state index contributed by atoms with van der Waals surface area (Å²) in [6.07, 6.45) is 1.18. The van der Waals surface area contributed by atoms with E-state index >= 15 is 0 Å². The number of aliphatic hydroxyl groups is 2. The summed E-state index contributed by atoms with van der Waals surface area (Å²) in [5, 5.41) is 21.5. The van der Waals surface area contributed by atoms with Crippen LogP contribution in [0.25, 0.3) is 0 Å². The number of hydrogen-bond donors (Lipinski definition) is 3. The minimum Gasteiger partial charge on any atom is -0.475 e. The average Bonchev–Trinajstić information content (AvgIpc) is 2.29. The molecule has 0 unspecified atom stereocenters. The molecule has 102 valence electrons. The molecule has 0 saturated heterocycles. The number of hydrogen-bond acceptors (Lipinski definition) is 4. The predicted octanol–water partition coefficient (Wildman–Crippen LogP) is 1.65. The van der Waals surface area contributed by atoms with Crippen molar-refractivity contribution in [1.82, 2.24) is 5.32 Å². The molecule has 0 spiro atoms. The van der Waals surface area contributed by atoms with Crippen molar-refractivity contribution in [2.75, 3.05) is 6.61 Å². The molecule has 1 atom stereocenters. The first-order valence-corrected chi connectivity index (χ1v) is 6.31. The van der Waals surface area contributed by atoms with Gasteiger partial charge in [-0.3, -0.25) is 5.32 Å². The molecule has 4 nitrogen and oxygen atoms in total. The highest BCUT2D eigenvalue weighted by molar-refractivity contribution is 5.27. The smallest absolute Gasteiger partial charge is 0.152 e. The van der Waals surface area contributed by atoms with Gasteiger partial charge in [0, 0.05) is 6.61 Å². The molecule has 0 aromatic heterocycles. The first-order chi connectivity index (χ1) is 8.44. The van der Waals surface area contributed by atoms with Gasteiger partial charge in [-0.15, -0.1) is 0 Å². The highest BCUT2D eigenvalue weighted by Gasteiger charge is 2.18. The van der Waals surface area contributed by atoms with E-state index in [2.05, 4.69) is 5.32 Å². The van der Waals surface area contributed by atoms with Crippen LogP contribution in [0.4, 0.5) is 0 Å². The number of ether oxygens (including phenoxy) is 1. The highest BCUT2D eigenvalue weighted by atomic mass is 16.5. The zero-order valence-electron chi connectivity index (χ0n) is 11.3. The van der Waals surface area contributed by atoms with E-state index in [0.717, 1.165) is 17.7 Å².